The first-order valence-electron chi connectivity index (χ1n) is 9.45. The summed E-state index contributed by atoms with van der Waals surface area (Å²) < 4.78 is 15.1. The largest absolute Gasteiger partial charge is 0.342 e. The Kier molecular flexibility index (Phi) is 7.18. The van der Waals surface area contributed by atoms with Gasteiger partial charge in [0.1, 0.15) is 5.82 Å². The fraction of sp³-hybridized carbons (Fsp3) is 0.238. The number of rotatable bonds is 8. The maximum absolute atomic E-state index is 13.2. The molecule has 1 atom stereocenters. The third-order valence-corrected chi connectivity index (χ3v) is 5.24. The zero-order valence-corrected chi connectivity index (χ0v) is 17.4. The van der Waals surface area contributed by atoms with Crippen molar-refractivity contribution in [2.75, 3.05) is 11.1 Å². The Balaban J connectivity index is 1.62. The smallest absolute Gasteiger partial charge is 0.251 e. The minimum Gasteiger partial charge on any atom is -0.342 e. The number of benzene rings is 2. The molecule has 30 heavy (non-hydrogen) atoms. The normalized spacial score (nSPS) is 11.7. The molecule has 2 N–H and O–H groups in total. The van der Waals surface area contributed by atoms with E-state index in [1.165, 1.54) is 30.0 Å². The van der Waals surface area contributed by atoms with Crippen molar-refractivity contribution >= 4 is 29.3 Å². The molecule has 1 unspecified atom stereocenters. The van der Waals surface area contributed by atoms with Crippen LogP contribution in [0.25, 0.3) is 0 Å². The van der Waals surface area contributed by atoms with Crippen molar-refractivity contribution in [3.05, 3.63) is 71.8 Å². The molecular formula is C21H22FN5O2S. The molecule has 0 aliphatic carbocycles. The SMILES string of the molecule is CCn1c(SCC(=O)Nc2cccc(F)c2)nnc1C(C)NC(=O)c1ccccc1. The summed E-state index contributed by atoms with van der Waals surface area (Å²) in [5.41, 5.74) is 0.964. The number of carbonyl (C=O) groups excluding carboxylic acids is 2. The molecule has 156 valence electrons. The fourth-order valence-corrected chi connectivity index (χ4v) is 3.66. The van der Waals surface area contributed by atoms with E-state index in [0.29, 0.717) is 28.8 Å². The van der Waals surface area contributed by atoms with Crippen LogP contribution in [0.2, 0.25) is 0 Å². The molecule has 2 aromatic carbocycles. The minimum absolute atomic E-state index is 0.0966. The quantitative estimate of drug-likeness (QED) is 0.536. The number of nitrogens with zero attached hydrogens (tertiary/aromatic N) is 3. The molecular weight excluding hydrogens is 405 g/mol. The Labute approximate surface area is 178 Å². The molecule has 7 nitrogen and oxygen atoms in total. The molecule has 9 heteroatoms. The number of anilines is 1. The second-order valence-corrected chi connectivity index (χ2v) is 7.44. The standard InChI is InChI=1S/C21H22FN5O2S/c1-3-27-19(14(2)23-20(29)15-8-5-4-6-9-15)25-26-21(27)30-13-18(28)24-17-11-7-10-16(22)12-17/h4-12,14H,3,13H2,1-2H3,(H,23,29)(H,24,28). The van der Waals surface area contributed by atoms with E-state index in [4.69, 9.17) is 0 Å². The molecule has 0 bridgehead atoms. The maximum atomic E-state index is 13.2. The van der Waals surface area contributed by atoms with Crippen LogP contribution in [-0.4, -0.2) is 32.3 Å². The molecule has 0 aliphatic heterocycles. The van der Waals surface area contributed by atoms with E-state index in [-0.39, 0.29) is 23.6 Å². The zero-order chi connectivity index (χ0) is 21.5. The molecule has 3 rings (SSSR count). The number of amides is 2. The van der Waals surface area contributed by atoms with Crippen LogP contribution in [0.1, 0.15) is 36.1 Å². The highest BCUT2D eigenvalue weighted by atomic mass is 32.2. The lowest BCUT2D eigenvalue weighted by atomic mass is 10.2. The van der Waals surface area contributed by atoms with Gasteiger partial charge in [-0.15, -0.1) is 10.2 Å². The minimum atomic E-state index is -0.414. The van der Waals surface area contributed by atoms with Crippen molar-refractivity contribution < 1.29 is 14.0 Å². The van der Waals surface area contributed by atoms with E-state index in [2.05, 4.69) is 20.8 Å². The lowest BCUT2D eigenvalue weighted by Gasteiger charge is -2.15. The van der Waals surface area contributed by atoms with Gasteiger partial charge in [0.15, 0.2) is 11.0 Å². The molecule has 0 fully saturated rings. The van der Waals surface area contributed by atoms with Gasteiger partial charge in [-0.25, -0.2) is 4.39 Å². The van der Waals surface area contributed by atoms with Gasteiger partial charge in [0.2, 0.25) is 5.91 Å². The number of thioether (sulfide) groups is 1. The van der Waals surface area contributed by atoms with Crippen LogP contribution >= 0.6 is 11.8 Å². The van der Waals surface area contributed by atoms with Gasteiger partial charge in [-0.3, -0.25) is 9.59 Å². The Bertz CT molecular complexity index is 1030. The van der Waals surface area contributed by atoms with Gasteiger partial charge in [-0.2, -0.15) is 0 Å². The Morgan fingerprint density at radius 1 is 1.13 bits per heavy atom. The van der Waals surface area contributed by atoms with Crippen molar-refractivity contribution in [1.82, 2.24) is 20.1 Å². The summed E-state index contributed by atoms with van der Waals surface area (Å²) in [5, 5.41) is 14.5. The lowest BCUT2D eigenvalue weighted by Crippen LogP contribution is -2.28. The zero-order valence-electron chi connectivity index (χ0n) is 16.6. The number of hydrogen-bond donors (Lipinski definition) is 2. The van der Waals surface area contributed by atoms with Crippen molar-refractivity contribution in [3.8, 4) is 0 Å². The summed E-state index contributed by atoms with van der Waals surface area (Å²) in [6.07, 6.45) is 0. The number of carbonyl (C=O) groups is 2. The van der Waals surface area contributed by atoms with Gasteiger partial charge < -0.3 is 15.2 Å². The average Bonchev–Trinajstić information content (AvgIpc) is 3.16. The Morgan fingerprint density at radius 2 is 1.90 bits per heavy atom. The molecule has 0 saturated carbocycles. The molecule has 0 radical (unpaired) electrons. The van der Waals surface area contributed by atoms with Crippen LogP contribution in [0.4, 0.5) is 10.1 Å². The van der Waals surface area contributed by atoms with Crippen molar-refractivity contribution in [2.45, 2.75) is 31.6 Å². The van der Waals surface area contributed by atoms with Gasteiger partial charge >= 0.3 is 0 Å². The summed E-state index contributed by atoms with van der Waals surface area (Å²) in [5.74, 6) is -0.183. The van der Waals surface area contributed by atoms with E-state index < -0.39 is 5.82 Å². The fourth-order valence-electron chi connectivity index (χ4n) is 2.85. The van der Waals surface area contributed by atoms with Crippen LogP contribution in [-0.2, 0) is 11.3 Å². The summed E-state index contributed by atoms with van der Waals surface area (Å²) in [6, 6.07) is 14.3. The molecule has 2 amide bonds. The van der Waals surface area contributed by atoms with Gasteiger partial charge in [-0.05, 0) is 44.2 Å². The first-order valence-corrected chi connectivity index (χ1v) is 10.4. The number of hydrogen-bond acceptors (Lipinski definition) is 5. The third-order valence-electron chi connectivity index (χ3n) is 4.27. The number of halogens is 1. The van der Waals surface area contributed by atoms with Crippen LogP contribution in [0.5, 0.6) is 0 Å². The highest BCUT2D eigenvalue weighted by Gasteiger charge is 2.20. The molecule has 0 aliphatic rings. The first-order chi connectivity index (χ1) is 14.5. The topological polar surface area (TPSA) is 88.9 Å². The van der Waals surface area contributed by atoms with E-state index in [9.17, 15) is 14.0 Å². The van der Waals surface area contributed by atoms with Gasteiger partial charge in [0.25, 0.3) is 5.91 Å². The summed E-state index contributed by atoms with van der Waals surface area (Å²) in [7, 11) is 0. The predicted molar refractivity (Wildman–Crippen MR) is 114 cm³/mol. The van der Waals surface area contributed by atoms with Gasteiger partial charge in [-0.1, -0.05) is 36.0 Å². The second kappa shape index (κ2) is 10.0. The average molecular weight is 428 g/mol. The van der Waals surface area contributed by atoms with Gasteiger partial charge in [0.05, 0.1) is 11.8 Å². The summed E-state index contributed by atoms with van der Waals surface area (Å²) >= 11 is 1.23. The van der Waals surface area contributed by atoms with E-state index >= 15 is 0 Å². The van der Waals surface area contributed by atoms with Crippen LogP contribution < -0.4 is 10.6 Å². The molecule has 3 aromatic rings. The van der Waals surface area contributed by atoms with Crippen molar-refractivity contribution in [3.63, 3.8) is 0 Å². The van der Waals surface area contributed by atoms with E-state index in [0.717, 1.165) is 0 Å². The van der Waals surface area contributed by atoms with Crippen LogP contribution in [0.3, 0.4) is 0 Å². The monoisotopic (exact) mass is 427 g/mol. The predicted octanol–water partition coefficient (Wildman–Crippen LogP) is 3.66. The van der Waals surface area contributed by atoms with Gasteiger partial charge in [0, 0.05) is 17.8 Å². The Morgan fingerprint density at radius 3 is 2.60 bits per heavy atom. The second-order valence-electron chi connectivity index (χ2n) is 6.49. The summed E-state index contributed by atoms with van der Waals surface area (Å²) in [4.78, 5) is 24.6. The maximum Gasteiger partial charge on any atom is 0.251 e. The molecule has 0 saturated heterocycles. The molecule has 1 heterocycles. The molecule has 0 spiro atoms. The number of nitrogens with one attached hydrogen (secondary N) is 2. The molecule has 1 aromatic heterocycles. The lowest BCUT2D eigenvalue weighted by molar-refractivity contribution is -0.113. The Hall–Kier alpha value is -3.20. The summed E-state index contributed by atoms with van der Waals surface area (Å²) in [6.45, 7) is 4.36. The van der Waals surface area contributed by atoms with Crippen molar-refractivity contribution in [1.29, 1.82) is 0 Å². The highest BCUT2D eigenvalue weighted by molar-refractivity contribution is 7.99. The third kappa shape index (κ3) is 5.44. The van der Waals surface area contributed by atoms with Crippen molar-refractivity contribution in [2.24, 2.45) is 0 Å². The first kappa shape index (κ1) is 21.5. The van der Waals surface area contributed by atoms with E-state index in [1.807, 2.05) is 24.5 Å². The number of aromatic nitrogens is 3. The van der Waals surface area contributed by atoms with Crippen LogP contribution in [0.15, 0.2) is 59.8 Å². The van der Waals surface area contributed by atoms with E-state index in [1.54, 1.807) is 30.3 Å². The highest BCUT2D eigenvalue weighted by Crippen LogP contribution is 2.21. The van der Waals surface area contributed by atoms with Crippen LogP contribution in [0, 0.1) is 5.82 Å².